The molecule has 0 unspecified atom stereocenters. The lowest BCUT2D eigenvalue weighted by Gasteiger charge is -2.11. The van der Waals surface area contributed by atoms with Crippen LogP contribution in [0.2, 0.25) is 5.28 Å². The average Bonchev–Trinajstić information content (AvgIpc) is 2.98. The second-order valence-corrected chi connectivity index (χ2v) is 5.98. The van der Waals surface area contributed by atoms with Crippen molar-refractivity contribution >= 4 is 39.7 Å². The van der Waals surface area contributed by atoms with Gasteiger partial charge in [0.1, 0.15) is 11.6 Å². The van der Waals surface area contributed by atoms with Crippen molar-refractivity contribution in [2.75, 3.05) is 12.4 Å². The van der Waals surface area contributed by atoms with E-state index in [1.807, 2.05) is 25.1 Å². The zero-order chi connectivity index (χ0) is 14.8. The molecule has 0 saturated heterocycles. The third kappa shape index (κ3) is 2.94. The number of nitrogens with zero attached hydrogens (tertiary/aromatic N) is 2. The van der Waals surface area contributed by atoms with E-state index in [0.717, 1.165) is 28.0 Å². The Labute approximate surface area is 131 Å². The number of aryl methyl sites for hydroxylation is 1. The Morgan fingerprint density at radius 2 is 2.19 bits per heavy atom. The fourth-order valence-electron chi connectivity index (χ4n) is 2.18. The van der Waals surface area contributed by atoms with Gasteiger partial charge in [0.25, 0.3) is 0 Å². The highest BCUT2D eigenvalue weighted by atomic mass is 35.5. The van der Waals surface area contributed by atoms with Crippen molar-refractivity contribution in [3.8, 4) is 5.75 Å². The molecule has 3 aromatic rings. The van der Waals surface area contributed by atoms with Crippen LogP contribution in [-0.4, -0.2) is 17.1 Å². The lowest BCUT2D eigenvalue weighted by Crippen LogP contribution is -2.02. The van der Waals surface area contributed by atoms with E-state index >= 15 is 0 Å². The highest BCUT2D eigenvalue weighted by molar-refractivity contribution is 7.09. The van der Waals surface area contributed by atoms with E-state index in [1.54, 1.807) is 18.4 Å². The van der Waals surface area contributed by atoms with Crippen molar-refractivity contribution in [1.82, 2.24) is 9.97 Å². The number of hydrogen-bond acceptors (Lipinski definition) is 5. The quantitative estimate of drug-likeness (QED) is 0.729. The highest BCUT2D eigenvalue weighted by Gasteiger charge is 2.10. The standard InChI is InChI=1S/C15H14ClN3OS/c1-9-6-11-12(7-13(9)20-2)18-15(16)19-14(11)17-8-10-4-3-5-21-10/h3-7H,8H2,1-2H3,(H,17,18,19). The number of nitrogens with one attached hydrogen (secondary N) is 1. The Balaban J connectivity index is 2.02. The number of fused-ring (bicyclic) bond motifs is 1. The topological polar surface area (TPSA) is 47.0 Å². The van der Waals surface area contributed by atoms with Crippen molar-refractivity contribution in [2.24, 2.45) is 0 Å². The first-order valence-corrected chi connectivity index (χ1v) is 7.71. The van der Waals surface area contributed by atoms with Crippen LogP contribution in [0.3, 0.4) is 0 Å². The molecule has 0 radical (unpaired) electrons. The molecule has 0 bridgehead atoms. The van der Waals surface area contributed by atoms with E-state index < -0.39 is 0 Å². The molecule has 0 amide bonds. The Hall–Kier alpha value is -1.85. The van der Waals surface area contributed by atoms with Crippen molar-refractivity contribution in [3.05, 3.63) is 45.4 Å². The van der Waals surface area contributed by atoms with E-state index in [-0.39, 0.29) is 5.28 Å². The minimum absolute atomic E-state index is 0.224. The second-order valence-electron chi connectivity index (χ2n) is 4.61. The average molecular weight is 320 g/mol. The first-order chi connectivity index (χ1) is 10.2. The lowest BCUT2D eigenvalue weighted by atomic mass is 10.1. The Bertz CT molecular complexity index is 774. The van der Waals surface area contributed by atoms with Crippen LogP contribution in [0, 0.1) is 6.92 Å². The van der Waals surface area contributed by atoms with Crippen LogP contribution in [0.5, 0.6) is 5.75 Å². The molecule has 0 aliphatic carbocycles. The molecule has 0 atom stereocenters. The maximum atomic E-state index is 6.02. The van der Waals surface area contributed by atoms with Gasteiger partial charge in [-0.1, -0.05) is 6.07 Å². The largest absolute Gasteiger partial charge is 0.496 e. The Morgan fingerprint density at radius 3 is 2.90 bits per heavy atom. The van der Waals surface area contributed by atoms with E-state index in [9.17, 15) is 0 Å². The summed E-state index contributed by atoms with van der Waals surface area (Å²) in [6.45, 7) is 2.71. The molecule has 21 heavy (non-hydrogen) atoms. The van der Waals surface area contributed by atoms with Crippen molar-refractivity contribution < 1.29 is 4.74 Å². The van der Waals surface area contributed by atoms with Crippen LogP contribution in [0.25, 0.3) is 10.9 Å². The third-order valence-electron chi connectivity index (χ3n) is 3.20. The van der Waals surface area contributed by atoms with Gasteiger partial charge in [0, 0.05) is 16.3 Å². The monoisotopic (exact) mass is 319 g/mol. The van der Waals surface area contributed by atoms with Crippen molar-refractivity contribution in [3.63, 3.8) is 0 Å². The first kappa shape index (κ1) is 14.1. The second kappa shape index (κ2) is 5.87. The summed E-state index contributed by atoms with van der Waals surface area (Å²) in [6.07, 6.45) is 0. The molecule has 108 valence electrons. The van der Waals surface area contributed by atoms with Gasteiger partial charge in [0.2, 0.25) is 5.28 Å². The fourth-order valence-corrected chi connectivity index (χ4v) is 3.00. The molecule has 1 N–H and O–H groups in total. The number of rotatable bonds is 4. The summed E-state index contributed by atoms with van der Waals surface area (Å²) < 4.78 is 5.33. The van der Waals surface area contributed by atoms with E-state index in [0.29, 0.717) is 6.54 Å². The molecule has 6 heteroatoms. The van der Waals surface area contributed by atoms with Gasteiger partial charge in [-0.3, -0.25) is 0 Å². The van der Waals surface area contributed by atoms with Gasteiger partial charge in [-0.15, -0.1) is 11.3 Å². The summed E-state index contributed by atoms with van der Waals surface area (Å²) in [5, 5.41) is 6.55. The molecule has 0 fully saturated rings. The minimum Gasteiger partial charge on any atom is -0.496 e. The normalized spacial score (nSPS) is 10.8. The van der Waals surface area contributed by atoms with E-state index in [1.165, 1.54) is 4.88 Å². The molecule has 0 aliphatic heterocycles. The maximum Gasteiger partial charge on any atom is 0.224 e. The van der Waals surface area contributed by atoms with Gasteiger partial charge in [0.05, 0.1) is 19.2 Å². The smallest absolute Gasteiger partial charge is 0.224 e. The number of aromatic nitrogens is 2. The van der Waals surface area contributed by atoms with Crippen LogP contribution in [-0.2, 0) is 6.54 Å². The van der Waals surface area contributed by atoms with Crippen LogP contribution in [0.1, 0.15) is 10.4 Å². The Morgan fingerprint density at radius 1 is 1.33 bits per heavy atom. The molecule has 0 aliphatic rings. The van der Waals surface area contributed by atoms with Crippen LogP contribution in [0.15, 0.2) is 29.6 Å². The summed E-state index contributed by atoms with van der Waals surface area (Å²) >= 11 is 7.72. The number of halogens is 1. The molecule has 0 saturated carbocycles. The number of hydrogen-bond donors (Lipinski definition) is 1. The first-order valence-electron chi connectivity index (χ1n) is 6.45. The number of ether oxygens (including phenoxy) is 1. The Kier molecular flexibility index (Phi) is 3.94. The minimum atomic E-state index is 0.224. The van der Waals surface area contributed by atoms with Crippen LogP contribution >= 0.6 is 22.9 Å². The summed E-state index contributed by atoms with van der Waals surface area (Å²) in [6, 6.07) is 8.01. The highest BCUT2D eigenvalue weighted by Crippen LogP contribution is 2.29. The van der Waals surface area contributed by atoms with Crippen molar-refractivity contribution in [1.29, 1.82) is 0 Å². The SMILES string of the molecule is COc1cc2nc(Cl)nc(NCc3cccs3)c2cc1C. The van der Waals surface area contributed by atoms with Gasteiger partial charge in [-0.25, -0.2) is 9.97 Å². The molecule has 4 nitrogen and oxygen atoms in total. The zero-order valence-corrected chi connectivity index (χ0v) is 13.3. The van der Waals surface area contributed by atoms with Crippen LogP contribution in [0.4, 0.5) is 5.82 Å². The number of anilines is 1. The number of benzene rings is 1. The molecule has 0 spiro atoms. The summed E-state index contributed by atoms with van der Waals surface area (Å²) in [5.74, 6) is 1.53. The molecular formula is C15H14ClN3OS. The van der Waals surface area contributed by atoms with E-state index in [4.69, 9.17) is 16.3 Å². The fraction of sp³-hybridized carbons (Fsp3) is 0.200. The molecule has 2 aromatic heterocycles. The van der Waals surface area contributed by atoms with Crippen LogP contribution < -0.4 is 10.1 Å². The lowest BCUT2D eigenvalue weighted by molar-refractivity contribution is 0.412. The third-order valence-corrected chi connectivity index (χ3v) is 4.24. The molecule has 1 aromatic carbocycles. The molecular weight excluding hydrogens is 306 g/mol. The predicted octanol–water partition coefficient (Wildman–Crippen LogP) is 4.27. The van der Waals surface area contributed by atoms with Gasteiger partial charge < -0.3 is 10.1 Å². The van der Waals surface area contributed by atoms with Gasteiger partial charge >= 0.3 is 0 Å². The molecule has 3 rings (SSSR count). The number of methoxy groups -OCH3 is 1. The van der Waals surface area contributed by atoms with Gasteiger partial charge in [0.15, 0.2) is 0 Å². The maximum absolute atomic E-state index is 6.02. The molecule has 2 heterocycles. The van der Waals surface area contributed by atoms with E-state index in [2.05, 4.69) is 26.7 Å². The summed E-state index contributed by atoms with van der Waals surface area (Å²) in [7, 11) is 1.65. The predicted molar refractivity (Wildman–Crippen MR) is 87.5 cm³/mol. The summed E-state index contributed by atoms with van der Waals surface area (Å²) in [4.78, 5) is 9.81. The summed E-state index contributed by atoms with van der Waals surface area (Å²) in [5.41, 5.74) is 1.81. The van der Waals surface area contributed by atoms with Gasteiger partial charge in [-0.2, -0.15) is 0 Å². The zero-order valence-electron chi connectivity index (χ0n) is 11.7. The van der Waals surface area contributed by atoms with Gasteiger partial charge in [-0.05, 0) is 41.6 Å². The number of thiophene rings is 1. The van der Waals surface area contributed by atoms with Crippen molar-refractivity contribution in [2.45, 2.75) is 13.5 Å².